The minimum atomic E-state index is 0.0605. The van der Waals surface area contributed by atoms with Crippen LogP contribution in [0.5, 0.6) is 0 Å². The molecule has 0 radical (unpaired) electrons. The Balaban J connectivity index is 2.94. The first kappa shape index (κ1) is 15.5. The van der Waals surface area contributed by atoms with E-state index in [1.54, 1.807) is 0 Å². The lowest BCUT2D eigenvalue weighted by atomic mass is 10.1. The lowest BCUT2D eigenvalue weighted by Crippen LogP contribution is -2.27. The number of benzene rings is 1. The third-order valence-corrected chi connectivity index (χ3v) is 2.50. The predicted octanol–water partition coefficient (Wildman–Crippen LogP) is 0.805. The number of thiocarbonyl (C=S) groups is 2. The molecule has 6 N–H and O–H groups in total. The molecule has 6 nitrogen and oxygen atoms in total. The molecule has 1 aromatic carbocycles. The molecule has 0 aliphatic heterocycles. The maximum atomic E-state index is 5.32. The van der Waals surface area contributed by atoms with Gasteiger partial charge in [0.15, 0.2) is 10.2 Å². The van der Waals surface area contributed by atoms with Crippen LogP contribution in [0.15, 0.2) is 38.9 Å². The van der Waals surface area contributed by atoms with E-state index >= 15 is 0 Å². The van der Waals surface area contributed by atoms with Crippen LogP contribution in [0.2, 0.25) is 0 Å². The molecule has 9 heteroatoms. The molecule has 19 heavy (non-hydrogen) atoms. The summed E-state index contributed by atoms with van der Waals surface area (Å²) in [6.45, 7) is 0. The zero-order valence-electron chi connectivity index (χ0n) is 9.63. The molecule has 0 bridgehead atoms. The molecule has 0 heterocycles. The van der Waals surface area contributed by atoms with Gasteiger partial charge in [-0.2, -0.15) is 10.2 Å². The zero-order valence-corrected chi connectivity index (χ0v) is 12.8. The largest absolute Gasteiger partial charge is 0.375 e. The average Bonchev–Trinajstić information content (AvgIpc) is 2.34. The molecule has 0 unspecified atom stereocenters. The predicted molar refractivity (Wildman–Crippen MR) is 89.0 cm³/mol. The third kappa shape index (κ3) is 6.22. The monoisotopic (exact) mass is 358 g/mol. The molecular formula is C10H11BrN6S2. The van der Waals surface area contributed by atoms with E-state index in [0.717, 1.165) is 10.0 Å². The highest BCUT2D eigenvalue weighted by molar-refractivity contribution is 9.10. The van der Waals surface area contributed by atoms with Gasteiger partial charge >= 0.3 is 0 Å². The Bertz CT molecular complexity index is 525. The maximum Gasteiger partial charge on any atom is 0.184 e. The van der Waals surface area contributed by atoms with Gasteiger partial charge in [-0.3, -0.25) is 10.9 Å². The summed E-state index contributed by atoms with van der Waals surface area (Å²) in [5.41, 5.74) is 16.9. The Hall–Kier alpha value is -1.58. The van der Waals surface area contributed by atoms with E-state index in [1.807, 2.05) is 24.3 Å². The van der Waals surface area contributed by atoms with Gasteiger partial charge in [0.25, 0.3) is 0 Å². The molecule has 0 amide bonds. The van der Waals surface area contributed by atoms with Gasteiger partial charge in [-0.25, -0.2) is 0 Å². The van der Waals surface area contributed by atoms with Crippen LogP contribution >= 0.6 is 40.4 Å². The van der Waals surface area contributed by atoms with Crippen molar-refractivity contribution in [3.05, 3.63) is 34.3 Å². The van der Waals surface area contributed by atoms with Crippen molar-refractivity contribution in [1.29, 1.82) is 0 Å². The fourth-order valence-corrected chi connectivity index (χ4v) is 1.42. The van der Waals surface area contributed by atoms with Gasteiger partial charge in [0.05, 0.1) is 6.21 Å². The van der Waals surface area contributed by atoms with E-state index in [4.69, 9.17) is 11.5 Å². The summed E-state index contributed by atoms with van der Waals surface area (Å²) in [6, 6.07) is 7.47. The van der Waals surface area contributed by atoms with Crippen LogP contribution in [0.25, 0.3) is 0 Å². The van der Waals surface area contributed by atoms with E-state index in [2.05, 4.69) is 61.4 Å². The molecule has 100 valence electrons. The smallest absolute Gasteiger partial charge is 0.184 e. The normalized spacial score (nSPS) is 11.3. The highest BCUT2D eigenvalue weighted by Crippen LogP contribution is 2.10. The Kier molecular flexibility index (Phi) is 6.33. The van der Waals surface area contributed by atoms with Crippen LogP contribution in [0, 0.1) is 0 Å². The standard InChI is InChI=1S/C10H11BrN6S2/c11-7-3-1-6(2-4-7)8(15-17-10(13)19)5-14-16-9(12)18/h1-5H,(H3,12,16,18)(H3,13,17,19)/b14-5+,15-8-. The molecule has 0 spiro atoms. The van der Waals surface area contributed by atoms with Crippen LogP contribution in [-0.4, -0.2) is 22.2 Å². The summed E-state index contributed by atoms with van der Waals surface area (Å²) in [7, 11) is 0. The van der Waals surface area contributed by atoms with Gasteiger partial charge < -0.3 is 11.5 Å². The van der Waals surface area contributed by atoms with Crippen molar-refractivity contribution in [2.45, 2.75) is 0 Å². The van der Waals surface area contributed by atoms with Gasteiger partial charge in [0.1, 0.15) is 5.71 Å². The Morgan fingerprint density at radius 1 is 1.11 bits per heavy atom. The summed E-state index contributed by atoms with van der Waals surface area (Å²) >= 11 is 12.7. The van der Waals surface area contributed by atoms with E-state index in [-0.39, 0.29) is 10.2 Å². The molecule has 1 rings (SSSR count). The van der Waals surface area contributed by atoms with E-state index < -0.39 is 0 Å². The summed E-state index contributed by atoms with van der Waals surface area (Å²) in [6.07, 6.45) is 1.45. The number of nitrogens with one attached hydrogen (secondary N) is 2. The van der Waals surface area contributed by atoms with E-state index in [9.17, 15) is 0 Å². The molecular weight excluding hydrogens is 348 g/mol. The maximum absolute atomic E-state index is 5.32. The van der Waals surface area contributed by atoms with Crippen LogP contribution in [0.4, 0.5) is 0 Å². The summed E-state index contributed by atoms with van der Waals surface area (Å²) in [4.78, 5) is 0. The fourth-order valence-electron chi connectivity index (χ4n) is 1.06. The highest BCUT2D eigenvalue weighted by Gasteiger charge is 2.01. The Labute approximate surface area is 129 Å². The lowest BCUT2D eigenvalue weighted by Gasteiger charge is -2.03. The summed E-state index contributed by atoms with van der Waals surface area (Å²) in [5.74, 6) is 0. The van der Waals surface area contributed by atoms with E-state index in [0.29, 0.717) is 5.71 Å². The molecule has 0 aliphatic carbocycles. The Morgan fingerprint density at radius 3 is 2.21 bits per heavy atom. The minimum absolute atomic E-state index is 0.0605. The topological polar surface area (TPSA) is 101 Å². The van der Waals surface area contributed by atoms with Crippen LogP contribution < -0.4 is 22.3 Å². The van der Waals surface area contributed by atoms with Gasteiger partial charge in [0.2, 0.25) is 0 Å². The molecule has 0 aromatic heterocycles. The van der Waals surface area contributed by atoms with Crippen molar-refractivity contribution in [1.82, 2.24) is 10.9 Å². The first-order valence-corrected chi connectivity index (χ1v) is 6.57. The van der Waals surface area contributed by atoms with Crippen molar-refractivity contribution < 1.29 is 0 Å². The van der Waals surface area contributed by atoms with Gasteiger partial charge in [-0.15, -0.1) is 0 Å². The number of hydrazone groups is 2. The highest BCUT2D eigenvalue weighted by atomic mass is 79.9. The Morgan fingerprint density at radius 2 is 1.68 bits per heavy atom. The van der Waals surface area contributed by atoms with Crippen molar-refractivity contribution in [3.8, 4) is 0 Å². The third-order valence-electron chi connectivity index (χ3n) is 1.79. The molecule has 0 aliphatic rings. The number of hydrogen-bond acceptors (Lipinski definition) is 4. The number of hydrogen-bond donors (Lipinski definition) is 4. The molecule has 1 aromatic rings. The zero-order chi connectivity index (χ0) is 14.3. The first-order valence-electron chi connectivity index (χ1n) is 4.96. The minimum Gasteiger partial charge on any atom is -0.375 e. The van der Waals surface area contributed by atoms with Crippen molar-refractivity contribution in [2.75, 3.05) is 0 Å². The summed E-state index contributed by atoms with van der Waals surface area (Å²) in [5, 5.41) is 8.00. The lowest BCUT2D eigenvalue weighted by molar-refractivity contribution is 1.03. The first-order chi connectivity index (χ1) is 8.99. The van der Waals surface area contributed by atoms with Crippen LogP contribution in [-0.2, 0) is 0 Å². The molecule has 0 atom stereocenters. The number of nitrogens with two attached hydrogens (primary N) is 2. The molecule has 0 saturated carbocycles. The molecule has 0 fully saturated rings. The van der Waals surface area contributed by atoms with Crippen molar-refractivity contribution in [2.24, 2.45) is 21.7 Å². The number of rotatable bonds is 4. The molecule has 0 saturated heterocycles. The average molecular weight is 359 g/mol. The van der Waals surface area contributed by atoms with Crippen molar-refractivity contribution >= 4 is 62.5 Å². The summed E-state index contributed by atoms with van der Waals surface area (Å²) < 4.78 is 0.955. The second-order valence-electron chi connectivity index (χ2n) is 3.21. The van der Waals surface area contributed by atoms with Gasteiger partial charge in [-0.1, -0.05) is 28.1 Å². The number of nitrogens with zero attached hydrogens (tertiary/aromatic N) is 2. The number of halogens is 1. The SMILES string of the molecule is NC(=S)N/N=C/C(=N/NC(N)=S)c1ccc(Br)cc1. The quantitative estimate of drug-likeness (QED) is 0.361. The van der Waals surface area contributed by atoms with Gasteiger partial charge in [0, 0.05) is 10.0 Å². The second-order valence-corrected chi connectivity index (χ2v) is 5.01. The van der Waals surface area contributed by atoms with E-state index in [1.165, 1.54) is 6.21 Å². The van der Waals surface area contributed by atoms with Crippen molar-refractivity contribution in [3.63, 3.8) is 0 Å². The van der Waals surface area contributed by atoms with Crippen LogP contribution in [0.3, 0.4) is 0 Å². The second kappa shape index (κ2) is 7.77. The fraction of sp³-hybridized carbons (Fsp3) is 0. The van der Waals surface area contributed by atoms with Crippen LogP contribution in [0.1, 0.15) is 5.56 Å². The van der Waals surface area contributed by atoms with Gasteiger partial charge in [-0.05, 0) is 36.6 Å².